The molecule has 0 bridgehead atoms. The quantitative estimate of drug-likeness (QED) is 0.342. The number of rotatable bonds is 3. The van der Waals surface area contributed by atoms with E-state index < -0.39 is 0 Å². The number of hydrogen-bond acceptors (Lipinski definition) is 4. The van der Waals surface area contributed by atoms with E-state index in [9.17, 15) is 4.79 Å². The molecular weight excluding hydrogens is 342 g/mol. The van der Waals surface area contributed by atoms with Crippen LogP contribution in [0, 0.1) is 6.92 Å². The predicted molar refractivity (Wildman–Crippen MR) is 83.7 cm³/mol. The topological polar surface area (TPSA) is 87.7 Å². The minimum atomic E-state index is -0.216. The Morgan fingerprint density at radius 1 is 1.45 bits per heavy atom. The van der Waals surface area contributed by atoms with E-state index in [1.165, 1.54) is 11.3 Å². The highest BCUT2D eigenvalue weighted by atomic mass is 79.9. The number of oxime groups is 1. The van der Waals surface area contributed by atoms with Gasteiger partial charge in [0, 0.05) is 10.0 Å². The van der Waals surface area contributed by atoms with Crippen molar-refractivity contribution in [2.75, 3.05) is 5.32 Å². The molecule has 2 rings (SSSR count). The van der Waals surface area contributed by atoms with Crippen LogP contribution in [0.5, 0.6) is 0 Å². The molecule has 5 nitrogen and oxygen atoms in total. The molecule has 1 aromatic carbocycles. The molecule has 0 saturated carbocycles. The van der Waals surface area contributed by atoms with Gasteiger partial charge in [-0.15, -0.1) is 11.3 Å². The molecular formula is C13H12BrN3O2S. The third kappa shape index (κ3) is 3.00. The fraction of sp³-hybridized carbons (Fsp3) is 0.0769. The average Bonchev–Trinajstić information content (AvgIpc) is 2.86. The monoisotopic (exact) mass is 353 g/mol. The summed E-state index contributed by atoms with van der Waals surface area (Å²) in [6.07, 6.45) is 0. The summed E-state index contributed by atoms with van der Waals surface area (Å²) in [7, 11) is 0. The molecule has 4 N–H and O–H groups in total. The molecule has 1 aromatic heterocycles. The number of nitrogens with one attached hydrogen (secondary N) is 1. The van der Waals surface area contributed by atoms with Gasteiger partial charge in [-0.25, -0.2) is 0 Å². The molecule has 0 aliphatic carbocycles. The van der Waals surface area contributed by atoms with Gasteiger partial charge in [0.25, 0.3) is 5.91 Å². The van der Waals surface area contributed by atoms with Gasteiger partial charge in [-0.3, -0.25) is 4.79 Å². The highest BCUT2D eigenvalue weighted by molar-refractivity contribution is 9.10. The molecule has 1 heterocycles. The van der Waals surface area contributed by atoms with Gasteiger partial charge in [0.2, 0.25) is 0 Å². The number of amidine groups is 1. The van der Waals surface area contributed by atoms with E-state index >= 15 is 0 Å². The summed E-state index contributed by atoms with van der Waals surface area (Å²) in [5, 5.41) is 16.4. The summed E-state index contributed by atoms with van der Waals surface area (Å²) >= 11 is 4.68. The second-order valence-corrected chi connectivity index (χ2v) is 5.89. The summed E-state index contributed by atoms with van der Waals surface area (Å²) in [6.45, 7) is 1.87. The van der Waals surface area contributed by atoms with Gasteiger partial charge < -0.3 is 16.3 Å². The number of aryl methyl sites for hydroxylation is 1. The number of nitrogens with zero attached hydrogens (tertiary/aromatic N) is 1. The zero-order valence-corrected chi connectivity index (χ0v) is 13.0. The molecule has 2 aromatic rings. The number of carbonyl (C=O) groups is 1. The Labute approximate surface area is 128 Å². The summed E-state index contributed by atoms with van der Waals surface area (Å²) in [6, 6.07) is 7.01. The second kappa shape index (κ2) is 6.06. The number of amides is 1. The maximum atomic E-state index is 12.2. The fourth-order valence-corrected chi connectivity index (χ4v) is 2.86. The van der Waals surface area contributed by atoms with Gasteiger partial charge in [0.05, 0.1) is 10.6 Å². The average molecular weight is 354 g/mol. The normalized spacial score (nSPS) is 11.4. The van der Waals surface area contributed by atoms with E-state index in [2.05, 4.69) is 26.4 Å². The zero-order valence-electron chi connectivity index (χ0n) is 10.6. The smallest absolute Gasteiger partial charge is 0.266 e. The number of halogens is 1. The molecule has 0 radical (unpaired) electrons. The first kappa shape index (κ1) is 14.5. The van der Waals surface area contributed by atoms with Gasteiger partial charge in [-0.05, 0) is 42.1 Å². The molecule has 0 aliphatic rings. The third-order valence-corrected chi connectivity index (χ3v) is 4.19. The van der Waals surface area contributed by atoms with Crippen molar-refractivity contribution in [2.45, 2.75) is 6.92 Å². The molecule has 0 unspecified atom stereocenters. The van der Waals surface area contributed by atoms with E-state index in [1.807, 2.05) is 18.4 Å². The third-order valence-electron chi connectivity index (χ3n) is 2.68. The Hall–Kier alpha value is -1.86. The van der Waals surface area contributed by atoms with E-state index in [-0.39, 0.29) is 11.7 Å². The highest BCUT2D eigenvalue weighted by Gasteiger charge is 2.14. The molecule has 7 heteroatoms. The Kier molecular flexibility index (Phi) is 4.41. The number of anilines is 1. The standard InChI is InChI=1S/C13H12BrN3O2S/c1-7-4-5-20-11(7)13(18)16-10-3-2-8(14)6-9(10)12(15)17-19/h2-6,19H,1H3,(H2,15,17)(H,16,18). The lowest BCUT2D eigenvalue weighted by atomic mass is 10.1. The molecule has 0 aliphatic heterocycles. The van der Waals surface area contributed by atoms with Crippen LogP contribution in [-0.2, 0) is 0 Å². The van der Waals surface area contributed by atoms with Gasteiger partial charge in [0.15, 0.2) is 5.84 Å². The van der Waals surface area contributed by atoms with Crippen LogP contribution in [-0.4, -0.2) is 17.0 Å². The van der Waals surface area contributed by atoms with Gasteiger partial charge in [-0.2, -0.15) is 0 Å². The van der Waals surface area contributed by atoms with Crippen LogP contribution >= 0.6 is 27.3 Å². The van der Waals surface area contributed by atoms with Crippen LogP contribution in [0.15, 0.2) is 39.3 Å². The van der Waals surface area contributed by atoms with E-state index in [0.29, 0.717) is 16.1 Å². The molecule has 0 saturated heterocycles. The summed E-state index contributed by atoms with van der Waals surface area (Å²) in [4.78, 5) is 12.8. The molecule has 0 fully saturated rings. The van der Waals surface area contributed by atoms with Crippen LogP contribution in [0.3, 0.4) is 0 Å². The van der Waals surface area contributed by atoms with E-state index in [0.717, 1.165) is 10.0 Å². The molecule has 0 atom stereocenters. The summed E-state index contributed by atoms with van der Waals surface area (Å²) < 4.78 is 0.768. The van der Waals surface area contributed by atoms with Gasteiger partial charge in [0.1, 0.15) is 0 Å². The van der Waals surface area contributed by atoms with E-state index in [4.69, 9.17) is 10.9 Å². The lowest BCUT2D eigenvalue weighted by Crippen LogP contribution is -2.19. The van der Waals surface area contributed by atoms with Crippen molar-refractivity contribution in [2.24, 2.45) is 10.9 Å². The van der Waals surface area contributed by atoms with Crippen molar-refractivity contribution in [1.82, 2.24) is 0 Å². The first-order valence-corrected chi connectivity index (χ1v) is 7.33. The number of carbonyl (C=O) groups excluding carboxylic acids is 1. The van der Waals surface area contributed by atoms with Gasteiger partial charge >= 0.3 is 0 Å². The Morgan fingerprint density at radius 2 is 2.20 bits per heavy atom. The van der Waals surface area contributed by atoms with E-state index in [1.54, 1.807) is 18.2 Å². The molecule has 104 valence electrons. The summed E-state index contributed by atoms with van der Waals surface area (Å²) in [5.74, 6) is -0.281. The van der Waals surface area contributed by atoms with Crippen molar-refractivity contribution >= 4 is 44.7 Å². The zero-order chi connectivity index (χ0) is 14.7. The fourth-order valence-electron chi connectivity index (χ4n) is 1.68. The minimum absolute atomic E-state index is 0.0653. The Balaban J connectivity index is 2.35. The maximum Gasteiger partial charge on any atom is 0.266 e. The maximum absolute atomic E-state index is 12.2. The largest absolute Gasteiger partial charge is 0.409 e. The Bertz CT molecular complexity index is 682. The molecule has 20 heavy (non-hydrogen) atoms. The molecule has 1 amide bonds. The van der Waals surface area contributed by atoms with Crippen LogP contribution < -0.4 is 11.1 Å². The van der Waals surface area contributed by atoms with Crippen LogP contribution in [0.25, 0.3) is 0 Å². The van der Waals surface area contributed by atoms with Crippen molar-refractivity contribution in [3.63, 3.8) is 0 Å². The second-order valence-electron chi connectivity index (χ2n) is 4.06. The van der Waals surface area contributed by atoms with Crippen LogP contribution in [0.4, 0.5) is 5.69 Å². The van der Waals surface area contributed by atoms with Crippen molar-refractivity contribution in [1.29, 1.82) is 0 Å². The lowest BCUT2D eigenvalue weighted by molar-refractivity contribution is 0.103. The number of benzene rings is 1. The van der Waals surface area contributed by atoms with Gasteiger partial charge in [-0.1, -0.05) is 21.1 Å². The first-order chi connectivity index (χ1) is 9.52. The Morgan fingerprint density at radius 3 is 2.80 bits per heavy atom. The van der Waals surface area contributed by atoms with Crippen molar-refractivity contribution < 1.29 is 10.0 Å². The van der Waals surface area contributed by atoms with Crippen LogP contribution in [0.2, 0.25) is 0 Å². The molecule has 0 spiro atoms. The number of nitrogens with two attached hydrogens (primary N) is 1. The van der Waals surface area contributed by atoms with Crippen molar-refractivity contribution in [3.8, 4) is 0 Å². The lowest BCUT2D eigenvalue weighted by Gasteiger charge is -2.10. The predicted octanol–water partition coefficient (Wildman–Crippen LogP) is 3.17. The van der Waals surface area contributed by atoms with Crippen molar-refractivity contribution in [3.05, 3.63) is 50.1 Å². The van der Waals surface area contributed by atoms with Crippen LogP contribution in [0.1, 0.15) is 20.8 Å². The first-order valence-electron chi connectivity index (χ1n) is 5.66. The summed E-state index contributed by atoms with van der Waals surface area (Å²) in [5.41, 5.74) is 7.47. The number of hydrogen-bond donors (Lipinski definition) is 3. The minimum Gasteiger partial charge on any atom is -0.409 e. The highest BCUT2D eigenvalue weighted by Crippen LogP contribution is 2.23. The number of thiophene rings is 1. The SMILES string of the molecule is Cc1ccsc1C(=O)Nc1ccc(Br)cc1/C(N)=N/O.